The molecule has 1 N–H and O–H groups in total. The second-order valence-corrected chi connectivity index (χ2v) is 5.17. The number of hydrogen-bond acceptors (Lipinski definition) is 2. The summed E-state index contributed by atoms with van der Waals surface area (Å²) < 4.78 is 26.3. The molecule has 0 radical (unpaired) electrons. The number of halogens is 2. The summed E-state index contributed by atoms with van der Waals surface area (Å²) in [6, 6.07) is 3.43. The van der Waals surface area contributed by atoms with Crippen molar-refractivity contribution in [2.45, 2.75) is 13.5 Å². The number of amides is 1. The van der Waals surface area contributed by atoms with E-state index in [-0.39, 0.29) is 24.3 Å². The second-order valence-electron chi connectivity index (χ2n) is 5.17. The van der Waals surface area contributed by atoms with Gasteiger partial charge < -0.3 is 10.2 Å². The van der Waals surface area contributed by atoms with E-state index in [1.54, 1.807) is 7.05 Å². The molecule has 1 aromatic rings. The van der Waals surface area contributed by atoms with Crippen LogP contribution in [0.5, 0.6) is 0 Å². The van der Waals surface area contributed by atoms with Gasteiger partial charge in [-0.1, -0.05) is 13.0 Å². The average molecular weight is 268 g/mol. The first-order valence-electron chi connectivity index (χ1n) is 6.38. The van der Waals surface area contributed by atoms with Gasteiger partial charge in [0, 0.05) is 31.8 Å². The molecule has 0 aliphatic carbocycles. The molecule has 1 fully saturated rings. The lowest BCUT2D eigenvalue weighted by Gasteiger charge is -2.23. The molecule has 0 bridgehead atoms. The summed E-state index contributed by atoms with van der Waals surface area (Å²) >= 11 is 0. The van der Waals surface area contributed by atoms with Gasteiger partial charge in [0.05, 0.1) is 5.92 Å². The Hall–Kier alpha value is -1.49. The number of carbonyl (C=O) groups is 1. The Kier molecular flexibility index (Phi) is 4.14. The van der Waals surface area contributed by atoms with Gasteiger partial charge in [0.1, 0.15) is 11.6 Å². The molecule has 0 spiro atoms. The Morgan fingerprint density at radius 3 is 2.74 bits per heavy atom. The van der Waals surface area contributed by atoms with Crippen molar-refractivity contribution < 1.29 is 13.6 Å². The summed E-state index contributed by atoms with van der Waals surface area (Å²) in [4.78, 5) is 13.7. The van der Waals surface area contributed by atoms with E-state index in [4.69, 9.17) is 0 Å². The lowest BCUT2D eigenvalue weighted by atomic mass is 9.96. The van der Waals surface area contributed by atoms with Crippen molar-refractivity contribution in [1.82, 2.24) is 10.2 Å². The highest BCUT2D eigenvalue weighted by Crippen LogP contribution is 2.20. The average Bonchev–Trinajstić information content (AvgIpc) is 2.78. The Morgan fingerprint density at radius 1 is 1.42 bits per heavy atom. The van der Waals surface area contributed by atoms with E-state index in [2.05, 4.69) is 5.32 Å². The van der Waals surface area contributed by atoms with Crippen LogP contribution >= 0.6 is 0 Å². The summed E-state index contributed by atoms with van der Waals surface area (Å²) in [5.74, 6) is -0.996. The van der Waals surface area contributed by atoms with Crippen LogP contribution in [0.3, 0.4) is 0 Å². The third kappa shape index (κ3) is 3.10. The van der Waals surface area contributed by atoms with E-state index < -0.39 is 11.6 Å². The van der Waals surface area contributed by atoms with Crippen LogP contribution < -0.4 is 5.32 Å². The van der Waals surface area contributed by atoms with E-state index >= 15 is 0 Å². The summed E-state index contributed by atoms with van der Waals surface area (Å²) in [6.07, 6.45) is 0. The van der Waals surface area contributed by atoms with E-state index in [9.17, 15) is 13.6 Å². The smallest absolute Gasteiger partial charge is 0.227 e. The maximum absolute atomic E-state index is 13.5. The first kappa shape index (κ1) is 13.9. The fourth-order valence-corrected chi connectivity index (χ4v) is 2.41. The van der Waals surface area contributed by atoms with E-state index in [1.165, 1.54) is 17.0 Å². The first-order valence-corrected chi connectivity index (χ1v) is 6.38. The molecular weight excluding hydrogens is 250 g/mol. The van der Waals surface area contributed by atoms with Gasteiger partial charge in [-0.2, -0.15) is 0 Å². The van der Waals surface area contributed by atoms with Crippen molar-refractivity contribution in [3.05, 3.63) is 35.4 Å². The lowest BCUT2D eigenvalue weighted by molar-refractivity contribution is -0.135. The Balaban J connectivity index is 2.04. The van der Waals surface area contributed by atoms with Gasteiger partial charge in [-0.3, -0.25) is 4.79 Å². The zero-order valence-corrected chi connectivity index (χ0v) is 11.1. The predicted molar refractivity (Wildman–Crippen MR) is 68.4 cm³/mol. The fraction of sp³-hybridized carbons (Fsp3) is 0.500. The van der Waals surface area contributed by atoms with Gasteiger partial charge in [-0.05, 0) is 18.5 Å². The minimum atomic E-state index is -0.614. The second kappa shape index (κ2) is 5.65. The van der Waals surface area contributed by atoms with Gasteiger partial charge >= 0.3 is 0 Å². The van der Waals surface area contributed by atoms with Crippen LogP contribution in [0, 0.1) is 23.5 Å². The van der Waals surface area contributed by atoms with Crippen molar-refractivity contribution in [3.8, 4) is 0 Å². The molecular formula is C14H18F2N2O. The molecule has 3 nitrogen and oxygen atoms in total. The number of hydrogen-bond donors (Lipinski definition) is 1. The maximum atomic E-state index is 13.5. The number of carbonyl (C=O) groups excluding carboxylic acids is 1. The van der Waals surface area contributed by atoms with Gasteiger partial charge in [-0.25, -0.2) is 8.78 Å². The molecule has 2 unspecified atom stereocenters. The lowest BCUT2D eigenvalue weighted by Crippen LogP contribution is -2.35. The Bertz CT molecular complexity index is 479. The number of benzene rings is 1. The largest absolute Gasteiger partial charge is 0.341 e. The molecule has 19 heavy (non-hydrogen) atoms. The molecule has 104 valence electrons. The first-order chi connectivity index (χ1) is 8.99. The molecule has 1 amide bonds. The summed E-state index contributed by atoms with van der Waals surface area (Å²) in [6.45, 7) is 3.68. The number of nitrogens with one attached hydrogen (secondary N) is 1. The summed E-state index contributed by atoms with van der Waals surface area (Å²) in [5, 5.41) is 3.17. The molecule has 2 rings (SSSR count). The molecule has 1 aliphatic heterocycles. The number of nitrogens with zero attached hydrogens (tertiary/aromatic N) is 1. The van der Waals surface area contributed by atoms with E-state index in [1.807, 2.05) is 6.92 Å². The van der Waals surface area contributed by atoms with Crippen LogP contribution in [-0.4, -0.2) is 30.9 Å². The van der Waals surface area contributed by atoms with Gasteiger partial charge in [0.15, 0.2) is 0 Å². The van der Waals surface area contributed by atoms with Gasteiger partial charge in [0.2, 0.25) is 5.91 Å². The molecule has 1 aromatic carbocycles. The Morgan fingerprint density at radius 2 is 2.16 bits per heavy atom. The van der Waals surface area contributed by atoms with Crippen molar-refractivity contribution in [3.63, 3.8) is 0 Å². The van der Waals surface area contributed by atoms with Crippen LogP contribution in [0.15, 0.2) is 18.2 Å². The highest BCUT2D eigenvalue weighted by Gasteiger charge is 2.31. The number of rotatable bonds is 3. The topological polar surface area (TPSA) is 32.3 Å². The molecule has 1 aliphatic rings. The van der Waals surface area contributed by atoms with Crippen LogP contribution in [-0.2, 0) is 11.3 Å². The monoisotopic (exact) mass is 268 g/mol. The molecule has 1 heterocycles. The van der Waals surface area contributed by atoms with Crippen LogP contribution in [0.4, 0.5) is 8.78 Å². The third-order valence-corrected chi connectivity index (χ3v) is 3.63. The van der Waals surface area contributed by atoms with E-state index in [0.29, 0.717) is 12.1 Å². The fourth-order valence-electron chi connectivity index (χ4n) is 2.41. The summed E-state index contributed by atoms with van der Waals surface area (Å²) in [5.41, 5.74) is 0.329. The van der Waals surface area contributed by atoms with Crippen LogP contribution in [0.1, 0.15) is 12.5 Å². The van der Waals surface area contributed by atoms with Gasteiger partial charge in [-0.15, -0.1) is 0 Å². The highest BCUT2D eigenvalue weighted by molar-refractivity contribution is 5.79. The quantitative estimate of drug-likeness (QED) is 0.906. The SMILES string of the molecule is CC1CNCC1C(=O)N(C)Cc1ccc(F)cc1F. The standard InChI is InChI=1S/C14H18F2N2O/c1-9-6-17-7-12(9)14(19)18(2)8-10-3-4-11(15)5-13(10)16/h3-5,9,12,17H,6-8H2,1-2H3. The zero-order chi connectivity index (χ0) is 14.0. The maximum Gasteiger partial charge on any atom is 0.227 e. The van der Waals surface area contributed by atoms with Crippen molar-refractivity contribution in [1.29, 1.82) is 0 Å². The normalized spacial score (nSPS) is 22.5. The molecule has 0 aromatic heterocycles. The highest BCUT2D eigenvalue weighted by atomic mass is 19.1. The van der Waals surface area contributed by atoms with Crippen molar-refractivity contribution in [2.75, 3.05) is 20.1 Å². The van der Waals surface area contributed by atoms with Crippen LogP contribution in [0.25, 0.3) is 0 Å². The molecule has 1 saturated heterocycles. The molecule has 5 heteroatoms. The van der Waals surface area contributed by atoms with E-state index in [0.717, 1.165) is 12.6 Å². The Labute approximate surface area is 111 Å². The van der Waals surface area contributed by atoms with Crippen molar-refractivity contribution in [2.24, 2.45) is 11.8 Å². The van der Waals surface area contributed by atoms with Gasteiger partial charge in [0.25, 0.3) is 0 Å². The minimum absolute atomic E-state index is 0.00113. The third-order valence-electron chi connectivity index (χ3n) is 3.63. The molecule has 2 atom stereocenters. The zero-order valence-electron chi connectivity index (χ0n) is 11.1. The van der Waals surface area contributed by atoms with Crippen LogP contribution in [0.2, 0.25) is 0 Å². The predicted octanol–water partition coefficient (Wildman–Crippen LogP) is 1.78. The summed E-state index contributed by atoms with van der Waals surface area (Å²) in [7, 11) is 1.65. The van der Waals surface area contributed by atoms with Crippen molar-refractivity contribution >= 4 is 5.91 Å². The minimum Gasteiger partial charge on any atom is -0.341 e. The molecule has 0 saturated carbocycles.